The molecule has 0 spiro atoms. The lowest BCUT2D eigenvalue weighted by atomic mass is 9.99. The second-order valence-electron chi connectivity index (χ2n) is 5.43. The summed E-state index contributed by atoms with van der Waals surface area (Å²) in [6.07, 6.45) is 2.40. The number of hydrogen-bond donors (Lipinski definition) is 2. The summed E-state index contributed by atoms with van der Waals surface area (Å²) in [4.78, 5) is 17.6. The number of amides is 1. The van der Waals surface area contributed by atoms with Gasteiger partial charge in [-0.25, -0.2) is 13.8 Å². The lowest BCUT2D eigenvalue weighted by Gasteiger charge is -2.15. The first-order chi connectivity index (χ1) is 10.4. The van der Waals surface area contributed by atoms with E-state index in [4.69, 9.17) is 5.73 Å². The van der Waals surface area contributed by atoms with Gasteiger partial charge in [-0.05, 0) is 37.8 Å². The molecular weight excluding hydrogens is 344 g/mol. The van der Waals surface area contributed by atoms with Crippen LogP contribution in [0.25, 0.3) is 0 Å². The largest absolute Gasteiger partial charge is 0.327 e. The first-order valence-electron chi connectivity index (χ1n) is 6.95. The number of carbonyl (C=O) groups excluding carboxylic acids is 1. The predicted octanol–water partition coefficient (Wildman–Crippen LogP) is 3.22. The van der Waals surface area contributed by atoms with Gasteiger partial charge in [0.15, 0.2) is 5.13 Å². The second kappa shape index (κ2) is 6.90. The fourth-order valence-corrected chi connectivity index (χ4v) is 3.55. The van der Waals surface area contributed by atoms with Gasteiger partial charge in [0.2, 0.25) is 0 Å². The van der Waals surface area contributed by atoms with Crippen LogP contribution in [0.3, 0.4) is 0 Å². The number of benzene rings is 1. The molecule has 23 heavy (non-hydrogen) atoms. The van der Waals surface area contributed by atoms with Crippen LogP contribution in [0.1, 0.15) is 32.9 Å². The Labute approximate surface area is 142 Å². The van der Waals surface area contributed by atoms with Gasteiger partial charge in [-0.15, -0.1) is 23.7 Å². The summed E-state index contributed by atoms with van der Waals surface area (Å²) < 4.78 is 27.0. The van der Waals surface area contributed by atoms with E-state index in [9.17, 15) is 13.6 Å². The van der Waals surface area contributed by atoms with E-state index in [1.165, 1.54) is 24.3 Å². The number of fused-ring (bicyclic) bond motifs is 1. The molecule has 4 nitrogen and oxygen atoms in total. The number of aryl methyl sites for hydroxylation is 2. The molecule has 1 atom stereocenters. The summed E-state index contributed by atoms with van der Waals surface area (Å²) in [7, 11) is 0. The summed E-state index contributed by atoms with van der Waals surface area (Å²) in [5.74, 6) is -2.19. The second-order valence-corrected chi connectivity index (χ2v) is 6.51. The zero-order chi connectivity index (χ0) is 15.9. The average molecular weight is 360 g/mol. The highest BCUT2D eigenvalue weighted by Gasteiger charge is 2.22. The molecule has 0 aliphatic heterocycles. The Kier molecular flexibility index (Phi) is 5.33. The zero-order valence-corrected chi connectivity index (χ0v) is 14.0. The third-order valence-electron chi connectivity index (χ3n) is 3.69. The monoisotopic (exact) mass is 359 g/mol. The lowest BCUT2D eigenvalue weighted by Crippen LogP contribution is -2.27. The molecule has 1 aliphatic carbocycles. The Morgan fingerprint density at radius 2 is 2.13 bits per heavy atom. The van der Waals surface area contributed by atoms with E-state index in [1.807, 2.05) is 0 Å². The van der Waals surface area contributed by atoms with Crippen LogP contribution in [0.4, 0.5) is 13.9 Å². The van der Waals surface area contributed by atoms with Gasteiger partial charge >= 0.3 is 0 Å². The number of thiazole rings is 1. The molecule has 3 N–H and O–H groups in total. The Balaban J connectivity index is 0.00000192. The van der Waals surface area contributed by atoms with Crippen molar-refractivity contribution in [1.82, 2.24) is 4.98 Å². The van der Waals surface area contributed by atoms with Gasteiger partial charge in [0.25, 0.3) is 5.91 Å². The van der Waals surface area contributed by atoms with Crippen LogP contribution >= 0.6 is 23.7 Å². The minimum atomic E-state index is -0.885. The minimum absolute atomic E-state index is 0. The Morgan fingerprint density at radius 3 is 2.87 bits per heavy atom. The van der Waals surface area contributed by atoms with Crippen LogP contribution < -0.4 is 11.1 Å². The van der Waals surface area contributed by atoms with Crippen LogP contribution in [-0.2, 0) is 12.8 Å². The maximum Gasteiger partial charge on any atom is 0.260 e. The van der Waals surface area contributed by atoms with Crippen molar-refractivity contribution in [3.63, 3.8) is 0 Å². The van der Waals surface area contributed by atoms with Gasteiger partial charge in [-0.1, -0.05) is 0 Å². The van der Waals surface area contributed by atoms with Crippen LogP contribution in [0.5, 0.6) is 0 Å². The molecule has 0 unspecified atom stereocenters. The molecule has 1 heterocycles. The average Bonchev–Trinajstić information content (AvgIpc) is 2.83. The van der Waals surface area contributed by atoms with E-state index in [-0.39, 0.29) is 29.6 Å². The van der Waals surface area contributed by atoms with Crippen LogP contribution in [-0.4, -0.2) is 16.9 Å². The smallest absolute Gasteiger partial charge is 0.260 e. The third-order valence-corrected chi connectivity index (χ3v) is 4.73. The molecule has 3 rings (SSSR count). The number of nitrogens with two attached hydrogens (primary N) is 1. The summed E-state index contributed by atoms with van der Waals surface area (Å²) in [6, 6.07) is 2.04. The molecule has 2 aromatic rings. The maximum atomic E-state index is 13.7. The van der Waals surface area contributed by atoms with Crippen molar-refractivity contribution in [3.05, 3.63) is 45.5 Å². The maximum absolute atomic E-state index is 13.7. The normalized spacial score (nSPS) is 16.4. The van der Waals surface area contributed by atoms with E-state index in [0.29, 0.717) is 5.13 Å². The minimum Gasteiger partial charge on any atom is -0.327 e. The van der Waals surface area contributed by atoms with Gasteiger partial charge in [-0.2, -0.15) is 0 Å². The van der Waals surface area contributed by atoms with Crippen molar-refractivity contribution in [2.45, 2.75) is 32.2 Å². The van der Waals surface area contributed by atoms with E-state index < -0.39 is 17.5 Å². The van der Waals surface area contributed by atoms with Gasteiger partial charge < -0.3 is 5.73 Å². The van der Waals surface area contributed by atoms with E-state index in [0.717, 1.165) is 35.9 Å². The number of nitrogens with zero attached hydrogens (tertiary/aromatic N) is 1. The molecule has 1 aliphatic rings. The quantitative estimate of drug-likeness (QED) is 0.865. The molecule has 0 bridgehead atoms. The molecule has 124 valence electrons. The molecule has 1 amide bonds. The first kappa shape index (κ1) is 17.8. The molecule has 1 aromatic heterocycles. The first-order valence-corrected chi connectivity index (χ1v) is 7.77. The molecule has 0 radical (unpaired) electrons. The van der Waals surface area contributed by atoms with E-state index in [2.05, 4.69) is 10.3 Å². The van der Waals surface area contributed by atoms with Gasteiger partial charge in [0.05, 0.1) is 11.3 Å². The van der Waals surface area contributed by atoms with Crippen molar-refractivity contribution < 1.29 is 13.6 Å². The number of carbonyl (C=O) groups is 1. The number of halogens is 3. The van der Waals surface area contributed by atoms with Crippen molar-refractivity contribution in [2.75, 3.05) is 5.32 Å². The zero-order valence-electron chi connectivity index (χ0n) is 12.4. The fraction of sp³-hybridized carbons (Fsp3) is 0.333. The molecule has 0 saturated carbocycles. The molecule has 0 saturated heterocycles. The van der Waals surface area contributed by atoms with E-state index in [1.54, 1.807) is 0 Å². The number of aromatic nitrogens is 1. The number of anilines is 1. The SMILES string of the molecule is Cc1cc(C(=O)Nc2nc3c(s2)C[C@@H](N)CC3)c(F)cc1F.Cl. The predicted molar refractivity (Wildman–Crippen MR) is 88.4 cm³/mol. The summed E-state index contributed by atoms with van der Waals surface area (Å²) in [5, 5.41) is 3.00. The van der Waals surface area contributed by atoms with Crippen molar-refractivity contribution in [2.24, 2.45) is 5.73 Å². The van der Waals surface area contributed by atoms with Gasteiger partial charge in [0.1, 0.15) is 11.6 Å². The topological polar surface area (TPSA) is 68.0 Å². The Hall–Kier alpha value is -1.57. The lowest BCUT2D eigenvalue weighted by molar-refractivity contribution is 0.102. The number of rotatable bonds is 2. The fourth-order valence-electron chi connectivity index (χ4n) is 2.45. The summed E-state index contributed by atoms with van der Waals surface area (Å²) >= 11 is 1.36. The highest BCUT2D eigenvalue weighted by molar-refractivity contribution is 7.15. The van der Waals surface area contributed by atoms with Crippen LogP contribution in [0.2, 0.25) is 0 Å². The molecule has 8 heteroatoms. The third kappa shape index (κ3) is 3.68. The molecule has 0 fully saturated rings. The highest BCUT2D eigenvalue weighted by atomic mass is 35.5. The number of hydrogen-bond acceptors (Lipinski definition) is 4. The highest BCUT2D eigenvalue weighted by Crippen LogP contribution is 2.29. The Morgan fingerprint density at radius 1 is 1.39 bits per heavy atom. The molecular formula is C15H16ClF2N3OS. The van der Waals surface area contributed by atoms with Crippen molar-refractivity contribution in [1.29, 1.82) is 0 Å². The van der Waals surface area contributed by atoms with E-state index >= 15 is 0 Å². The van der Waals surface area contributed by atoms with Crippen LogP contribution in [0.15, 0.2) is 12.1 Å². The van der Waals surface area contributed by atoms with Crippen molar-refractivity contribution in [3.8, 4) is 0 Å². The van der Waals surface area contributed by atoms with Gasteiger partial charge in [-0.3, -0.25) is 10.1 Å². The number of nitrogens with one attached hydrogen (secondary N) is 1. The molecule has 1 aromatic carbocycles. The van der Waals surface area contributed by atoms with Gasteiger partial charge in [0, 0.05) is 17.0 Å². The standard InChI is InChI=1S/C15H15F2N3OS.ClH/c1-7-4-9(11(17)6-10(7)16)14(21)20-15-19-12-3-2-8(18)5-13(12)22-15;/h4,6,8H,2-3,5,18H2,1H3,(H,19,20,21);1H/t8-;/m0./s1. The Bertz CT molecular complexity index is 751. The van der Waals surface area contributed by atoms with Crippen molar-refractivity contribution >= 4 is 34.8 Å². The summed E-state index contributed by atoms with van der Waals surface area (Å²) in [6.45, 7) is 1.48. The van der Waals surface area contributed by atoms with Crippen LogP contribution in [0, 0.1) is 18.6 Å². The summed E-state index contributed by atoms with van der Waals surface area (Å²) in [5.41, 5.74) is 6.88.